The van der Waals surface area contributed by atoms with Gasteiger partial charge in [0, 0.05) is 35.8 Å². The predicted octanol–water partition coefficient (Wildman–Crippen LogP) is 4.13. The molecule has 0 aliphatic carbocycles. The number of carbonyl (C=O) groups is 2. The van der Waals surface area contributed by atoms with Gasteiger partial charge in [-0.25, -0.2) is 0 Å². The normalized spacial score (nSPS) is 16.7. The Morgan fingerprint density at radius 1 is 1.06 bits per heavy atom. The lowest BCUT2D eigenvalue weighted by molar-refractivity contribution is -0.122. The van der Waals surface area contributed by atoms with Crippen molar-refractivity contribution in [3.63, 3.8) is 0 Å². The van der Waals surface area contributed by atoms with Crippen LogP contribution in [-0.2, 0) is 15.0 Å². The Balaban J connectivity index is 1.54. The van der Waals surface area contributed by atoms with E-state index in [2.05, 4.69) is 31.1 Å². The highest BCUT2D eigenvalue weighted by atomic mass is 16.2. The summed E-state index contributed by atoms with van der Waals surface area (Å²) in [6.07, 6.45) is 0.179. The number of H-pyrrole nitrogens is 1. The second-order valence-corrected chi connectivity index (χ2v) is 9.29. The van der Waals surface area contributed by atoms with Gasteiger partial charge < -0.3 is 15.2 Å². The maximum atomic E-state index is 12.9. The Bertz CT molecular complexity index is 1220. The fourth-order valence-corrected chi connectivity index (χ4v) is 4.06. The molecular weight excluding hydrogens is 390 g/mol. The number of aryl methyl sites for hydroxylation is 1. The first kappa shape index (κ1) is 20.8. The van der Waals surface area contributed by atoms with Gasteiger partial charge in [-0.1, -0.05) is 44.5 Å². The summed E-state index contributed by atoms with van der Waals surface area (Å²) in [5, 5.41) is 3.87. The lowest BCUT2D eigenvalue weighted by Gasteiger charge is -2.21. The van der Waals surface area contributed by atoms with Crippen LogP contribution in [0.1, 0.15) is 38.3 Å². The zero-order chi connectivity index (χ0) is 22.3. The third-order valence-electron chi connectivity index (χ3n) is 5.76. The van der Waals surface area contributed by atoms with E-state index in [9.17, 15) is 14.4 Å². The molecule has 2 aromatic carbocycles. The number of hydrogen-bond donors (Lipinski definition) is 2. The largest absolute Gasteiger partial charge is 0.326 e. The minimum absolute atomic E-state index is 0.0540. The number of carbonyl (C=O) groups excluding carboxylic acids is 2. The van der Waals surface area contributed by atoms with Crippen LogP contribution >= 0.6 is 0 Å². The van der Waals surface area contributed by atoms with Crippen molar-refractivity contribution < 1.29 is 9.59 Å². The molecule has 2 heterocycles. The molecule has 6 nitrogen and oxygen atoms in total. The van der Waals surface area contributed by atoms with Gasteiger partial charge in [0.15, 0.2) is 0 Å². The Kier molecular flexibility index (Phi) is 5.17. The molecule has 6 heteroatoms. The van der Waals surface area contributed by atoms with E-state index in [0.717, 1.165) is 22.2 Å². The van der Waals surface area contributed by atoms with Gasteiger partial charge in [-0.3, -0.25) is 14.4 Å². The van der Waals surface area contributed by atoms with E-state index in [-0.39, 0.29) is 29.2 Å². The molecule has 0 bridgehead atoms. The molecule has 4 rings (SSSR count). The zero-order valence-electron chi connectivity index (χ0n) is 18.3. The Labute approximate surface area is 181 Å². The molecule has 1 unspecified atom stereocenters. The predicted molar refractivity (Wildman–Crippen MR) is 124 cm³/mol. The molecule has 0 radical (unpaired) electrons. The van der Waals surface area contributed by atoms with Gasteiger partial charge in [0.1, 0.15) is 0 Å². The SMILES string of the molecule is Cc1ccc(N2CC(C(=O)Nc3ccc4c(C(C)(C)C)cc(=O)[nH]c4c3)CC2=O)cc1. The van der Waals surface area contributed by atoms with Crippen molar-refractivity contribution in [1.82, 2.24) is 4.98 Å². The fraction of sp³-hybridized carbons (Fsp3) is 0.320. The minimum atomic E-state index is -0.426. The molecule has 1 aliphatic heterocycles. The second kappa shape index (κ2) is 7.69. The van der Waals surface area contributed by atoms with Crippen molar-refractivity contribution in [2.75, 3.05) is 16.8 Å². The van der Waals surface area contributed by atoms with E-state index in [1.165, 1.54) is 0 Å². The van der Waals surface area contributed by atoms with Crippen LogP contribution in [0.5, 0.6) is 0 Å². The third-order valence-corrected chi connectivity index (χ3v) is 5.76. The molecule has 160 valence electrons. The summed E-state index contributed by atoms with van der Waals surface area (Å²) >= 11 is 0. The minimum Gasteiger partial charge on any atom is -0.326 e. The molecule has 2 N–H and O–H groups in total. The quantitative estimate of drug-likeness (QED) is 0.672. The molecule has 3 aromatic rings. The molecule has 1 aliphatic rings. The van der Waals surface area contributed by atoms with E-state index in [1.807, 2.05) is 43.3 Å². The molecule has 31 heavy (non-hydrogen) atoms. The maximum absolute atomic E-state index is 12.9. The van der Waals surface area contributed by atoms with Gasteiger partial charge in [-0.2, -0.15) is 0 Å². The number of amides is 2. The number of benzene rings is 2. The van der Waals surface area contributed by atoms with E-state index in [0.29, 0.717) is 17.7 Å². The lowest BCUT2D eigenvalue weighted by Crippen LogP contribution is -2.28. The van der Waals surface area contributed by atoms with Crippen LogP contribution in [0.15, 0.2) is 53.3 Å². The van der Waals surface area contributed by atoms with Crippen LogP contribution in [0, 0.1) is 12.8 Å². The molecule has 1 saturated heterocycles. The lowest BCUT2D eigenvalue weighted by atomic mass is 9.85. The molecular formula is C25H27N3O3. The summed E-state index contributed by atoms with van der Waals surface area (Å²) in [5.41, 5.74) is 3.81. The summed E-state index contributed by atoms with van der Waals surface area (Å²) in [7, 11) is 0. The number of aromatic nitrogens is 1. The van der Waals surface area contributed by atoms with E-state index in [1.54, 1.807) is 17.0 Å². The summed E-state index contributed by atoms with van der Waals surface area (Å²) in [4.78, 5) is 42.0. The molecule has 1 atom stereocenters. The first-order valence-corrected chi connectivity index (χ1v) is 10.5. The van der Waals surface area contributed by atoms with Gasteiger partial charge >= 0.3 is 0 Å². The number of fused-ring (bicyclic) bond motifs is 1. The average molecular weight is 418 g/mol. The van der Waals surface area contributed by atoms with Crippen molar-refractivity contribution >= 4 is 34.1 Å². The standard InChI is InChI=1S/C25H27N3O3/c1-15-5-8-18(9-6-15)28-14-16(11-23(28)30)24(31)26-17-7-10-19-20(25(2,3)4)13-22(29)27-21(19)12-17/h5-10,12-13,16H,11,14H2,1-4H3,(H,26,31)(H,27,29). The highest BCUT2D eigenvalue weighted by Crippen LogP contribution is 2.30. The van der Waals surface area contributed by atoms with E-state index < -0.39 is 5.92 Å². The number of anilines is 2. The van der Waals surface area contributed by atoms with Crippen LogP contribution in [0.3, 0.4) is 0 Å². The zero-order valence-corrected chi connectivity index (χ0v) is 18.3. The van der Waals surface area contributed by atoms with Crippen molar-refractivity contribution in [2.45, 2.75) is 39.5 Å². The van der Waals surface area contributed by atoms with Gasteiger partial charge in [0.25, 0.3) is 0 Å². The van der Waals surface area contributed by atoms with E-state index >= 15 is 0 Å². The first-order chi connectivity index (χ1) is 14.6. The maximum Gasteiger partial charge on any atom is 0.248 e. The monoisotopic (exact) mass is 417 g/mol. The Hall–Kier alpha value is -3.41. The van der Waals surface area contributed by atoms with Crippen molar-refractivity contribution in [1.29, 1.82) is 0 Å². The summed E-state index contributed by atoms with van der Waals surface area (Å²) in [6.45, 7) is 8.54. The summed E-state index contributed by atoms with van der Waals surface area (Å²) in [6, 6.07) is 14.9. The van der Waals surface area contributed by atoms with E-state index in [4.69, 9.17) is 0 Å². The number of rotatable bonds is 3. The number of nitrogens with zero attached hydrogens (tertiary/aromatic N) is 1. The molecule has 1 aromatic heterocycles. The van der Waals surface area contributed by atoms with Crippen LogP contribution in [0.2, 0.25) is 0 Å². The van der Waals surface area contributed by atoms with Crippen molar-refractivity contribution in [3.8, 4) is 0 Å². The third kappa shape index (κ3) is 4.24. The van der Waals surface area contributed by atoms with Crippen molar-refractivity contribution in [3.05, 3.63) is 70.0 Å². The highest BCUT2D eigenvalue weighted by molar-refractivity contribution is 6.04. The number of pyridine rings is 1. The van der Waals surface area contributed by atoms with Crippen LogP contribution in [-0.4, -0.2) is 23.3 Å². The molecule has 2 amide bonds. The number of hydrogen-bond acceptors (Lipinski definition) is 3. The number of nitrogens with one attached hydrogen (secondary N) is 2. The van der Waals surface area contributed by atoms with Crippen LogP contribution in [0.25, 0.3) is 10.9 Å². The Morgan fingerprint density at radius 3 is 2.45 bits per heavy atom. The second-order valence-electron chi connectivity index (χ2n) is 9.29. The average Bonchev–Trinajstić information content (AvgIpc) is 3.09. The highest BCUT2D eigenvalue weighted by Gasteiger charge is 2.35. The van der Waals surface area contributed by atoms with Crippen LogP contribution in [0.4, 0.5) is 11.4 Å². The summed E-state index contributed by atoms with van der Waals surface area (Å²) in [5.74, 6) is -0.678. The van der Waals surface area contributed by atoms with Crippen molar-refractivity contribution in [2.24, 2.45) is 5.92 Å². The fourth-order valence-electron chi connectivity index (χ4n) is 4.06. The molecule has 0 saturated carbocycles. The number of aromatic amines is 1. The topological polar surface area (TPSA) is 82.3 Å². The first-order valence-electron chi connectivity index (χ1n) is 10.5. The molecule has 1 fully saturated rings. The van der Waals surface area contributed by atoms with Gasteiger partial charge in [0.05, 0.1) is 11.4 Å². The molecule has 0 spiro atoms. The van der Waals surface area contributed by atoms with Crippen LogP contribution < -0.4 is 15.8 Å². The smallest absolute Gasteiger partial charge is 0.248 e. The van der Waals surface area contributed by atoms with Gasteiger partial charge in [-0.05, 0) is 42.2 Å². The summed E-state index contributed by atoms with van der Waals surface area (Å²) < 4.78 is 0. The van der Waals surface area contributed by atoms with Gasteiger partial charge in [0.2, 0.25) is 17.4 Å². The Morgan fingerprint density at radius 2 is 1.77 bits per heavy atom. The van der Waals surface area contributed by atoms with Gasteiger partial charge in [-0.15, -0.1) is 0 Å².